The van der Waals surface area contributed by atoms with Gasteiger partial charge in [-0.15, -0.1) is 0 Å². The van der Waals surface area contributed by atoms with Crippen LogP contribution in [-0.4, -0.2) is 72.3 Å². The van der Waals surface area contributed by atoms with Crippen LogP contribution in [0.2, 0.25) is 0 Å². The molecule has 2 saturated heterocycles. The van der Waals surface area contributed by atoms with E-state index in [2.05, 4.69) is 38.2 Å². The van der Waals surface area contributed by atoms with Gasteiger partial charge in [-0.1, -0.05) is 35.9 Å². The summed E-state index contributed by atoms with van der Waals surface area (Å²) >= 11 is 6.58. The molecule has 0 aromatic carbocycles. The predicted octanol–water partition coefficient (Wildman–Crippen LogP) is 4.46. The van der Waals surface area contributed by atoms with Crippen molar-refractivity contribution in [2.45, 2.75) is 31.7 Å². The molecule has 2 aromatic heterocycles. The highest BCUT2D eigenvalue weighted by molar-refractivity contribution is 6.32. The summed E-state index contributed by atoms with van der Waals surface area (Å²) in [7, 11) is 2.15. The normalized spacial score (nSPS) is 24.1. The number of piperazine rings is 1. The van der Waals surface area contributed by atoms with Gasteiger partial charge in [0.25, 0.3) is 0 Å². The minimum atomic E-state index is -0.469. The number of halogens is 2. The van der Waals surface area contributed by atoms with E-state index in [1.54, 1.807) is 6.20 Å². The quantitative estimate of drug-likeness (QED) is 0.601. The Hall–Kier alpha value is -2.81. The number of pyridine rings is 1. The largest absolute Gasteiger partial charge is 0.463 e. The van der Waals surface area contributed by atoms with E-state index in [1.807, 2.05) is 24.3 Å². The zero-order valence-corrected chi connectivity index (χ0v) is 21.8. The Morgan fingerprint density at radius 2 is 2.08 bits per heavy atom. The van der Waals surface area contributed by atoms with E-state index in [9.17, 15) is 0 Å². The molecule has 194 valence electrons. The Kier molecular flexibility index (Phi) is 6.97. The van der Waals surface area contributed by atoms with Crippen molar-refractivity contribution in [1.29, 1.82) is 0 Å². The van der Waals surface area contributed by atoms with E-state index < -0.39 is 5.82 Å². The molecule has 1 N–H and O–H groups in total. The summed E-state index contributed by atoms with van der Waals surface area (Å²) in [5, 5.41) is 4.58. The number of nitrogens with zero attached hydrogens (tertiary/aromatic N) is 5. The van der Waals surface area contributed by atoms with Crippen molar-refractivity contribution in [3.63, 3.8) is 0 Å². The molecule has 6 rings (SSSR count). The lowest BCUT2D eigenvalue weighted by molar-refractivity contribution is 0.223. The predicted molar refractivity (Wildman–Crippen MR) is 145 cm³/mol. The topological polar surface area (TPSA) is 66.4 Å². The number of likely N-dealkylation sites (tertiary alicyclic amines) is 1. The lowest BCUT2D eigenvalue weighted by Crippen LogP contribution is -2.44. The molecule has 2 aromatic rings. The Morgan fingerprint density at radius 1 is 1.22 bits per heavy atom. The summed E-state index contributed by atoms with van der Waals surface area (Å²) in [6, 6.07) is 0.716. The fourth-order valence-corrected chi connectivity index (χ4v) is 6.14. The molecular formula is C28H32ClFN6O. The van der Waals surface area contributed by atoms with Crippen molar-refractivity contribution in [2.75, 3.05) is 51.3 Å². The zero-order chi connectivity index (χ0) is 25.4. The van der Waals surface area contributed by atoms with Gasteiger partial charge in [-0.25, -0.2) is 4.39 Å². The highest BCUT2D eigenvalue weighted by Crippen LogP contribution is 2.42. The van der Waals surface area contributed by atoms with Crippen molar-refractivity contribution in [2.24, 2.45) is 5.92 Å². The number of hydrogen-bond acceptors (Lipinski definition) is 7. The summed E-state index contributed by atoms with van der Waals surface area (Å²) in [5.74, 6) is 0.318. The van der Waals surface area contributed by atoms with Crippen molar-refractivity contribution >= 4 is 33.9 Å². The number of aromatic nitrogens is 3. The van der Waals surface area contributed by atoms with Crippen LogP contribution in [0.1, 0.15) is 31.4 Å². The second-order valence-corrected chi connectivity index (χ2v) is 10.5. The van der Waals surface area contributed by atoms with E-state index in [1.165, 1.54) is 12.8 Å². The highest BCUT2D eigenvalue weighted by atomic mass is 35.5. The lowest BCUT2D eigenvalue weighted by atomic mass is 9.81. The highest BCUT2D eigenvalue weighted by Gasteiger charge is 2.29. The van der Waals surface area contributed by atoms with Gasteiger partial charge >= 0.3 is 6.01 Å². The summed E-state index contributed by atoms with van der Waals surface area (Å²) in [6.07, 6.45) is 15.7. The van der Waals surface area contributed by atoms with Crippen LogP contribution in [-0.2, 0) is 0 Å². The Labute approximate surface area is 221 Å². The Bertz CT molecular complexity index is 1320. The van der Waals surface area contributed by atoms with E-state index in [0.717, 1.165) is 51.1 Å². The molecule has 7 nitrogen and oxygen atoms in total. The Morgan fingerprint density at radius 3 is 2.89 bits per heavy atom. The number of ether oxygens (including phenoxy) is 1. The number of allylic oxidation sites excluding steroid dienone is 8. The fraction of sp³-hybridized carbons (Fsp3) is 0.464. The molecule has 37 heavy (non-hydrogen) atoms. The van der Waals surface area contributed by atoms with E-state index >= 15 is 4.39 Å². The van der Waals surface area contributed by atoms with Gasteiger partial charge in [0.1, 0.15) is 17.0 Å². The second kappa shape index (κ2) is 10.5. The van der Waals surface area contributed by atoms with Gasteiger partial charge in [-0.2, -0.15) is 9.97 Å². The third-order valence-electron chi connectivity index (χ3n) is 7.85. The van der Waals surface area contributed by atoms with E-state index in [-0.39, 0.29) is 23.1 Å². The minimum Gasteiger partial charge on any atom is -0.463 e. The third kappa shape index (κ3) is 4.78. The van der Waals surface area contributed by atoms with Crippen LogP contribution in [0.15, 0.2) is 47.2 Å². The Balaban J connectivity index is 1.39. The first-order valence-electron chi connectivity index (χ1n) is 13.2. The minimum absolute atomic E-state index is 0.115. The van der Waals surface area contributed by atoms with Gasteiger partial charge in [0.05, 0.1) is 12.0 Å². The van der Waals surface area contributed by atoms with Crippen LogP contribution in [0.3, 0.4) is 0 Å². The maximum atomic E-state index is 16.3. The molecule has 0 amide bonds. The molecule has 4 heterocycles. The smallest absolute Gasteiger partial charge is 0.319 e. The molecule has 2 aliphatic heterocycles. The van der Waals surface area contributed by atoms with Crippen LogP contribution in [0, 0.1) is 11.7 Å². The van der Waals surface area contributed by atoms with Gasteiger partial charge in [0, 0.05) is 54.9 Å². The molecule has 2 atom stereocenters. The molecular weight excluding hydrogens is 491 g/mol. The van der Waals surface area contributed by atoms with Gasteiger partial charge in [-0.3, -0.25) is 4.98 Å². The van der Waals surface area contributed by atoms with Gasteiger partial charge < -0.3 is 19.9 Å². The lowest BCUT2D eigenvalue weighted by Gasteiger charge is -2.29. The molecule has 0 saturated carbocycles. The fourth-order valence-electron chi connectivity index (χ4n) is 5.81. The summed E-state index contributed by atoms with van der Waals surface area (Å²) < 4.78 is 22.3. The zero-order valence-electron chi connectivity index (χ0n) is 21.1. The monoisotopic (exact) mass is 522 g/mol. The SMILES string of the molecule is CN1CCCC1CCOc1nc(N2CCNCC2)c2cnc(C3=CC=CC4CC=CC(Cl)=C34)c(F)c2n1. The number of hydrogen-bond donors (Lipinski definition) is 1. The first kappa shape index (κ1) is 24.5. The third-order valence-corrected chi connectivity index (χ3v) is 8.18. The number of rotatable bonds is 6. The molecule has 9 heteroatoms. The molecule has 0 spiro atoms. The van der Waals surface area contributed by atoms with Crippen LogP contribution in [0.25, 0.3) is 16.5 Å². The maximum Gasteiger partial charge on any atom is 0.319 e. The maximum absolute atomic E-state index is 16.3. The number of fused-ring (bicyclic) bond motifs is 2. The molecule has 2 unspecified atom stereocenters. The van der Waals surface area contributed by atoms with Crippen LogP contribution >= 0.6 is 11.6 Å². The molecule has 2 fully saturated rings. The van der Waals surface area contributed by atoms with E-state index in [0.29, 0.717) is 34.5 Å². The van der Waals surface area contributed by atoms with Gasteiger partial charge in [0.2, 0.25) is 0 Å². The van der Waals surface area contributed by atoms with Crippen molar-refractivity contribution in [1.82, 2.24) is 25.2 Å². The van der Waals surface area contributed by atoms with Crippen LogP contribution in [0.4, 0.5) is 10.2 Å². The summed E-state index contributed by atoms with van der Waals surface area (Å²) in [6.45, 7) is 4.83. The van der Waals surface area contributed by atoms with Crippen LogP contribution in [0.5, 0.6) is 6.01 Å². The van der Waals surface area contributed by atoms with Crippen molar-refractivity contribution in [3.05, 3.63) is 58.7 Å². The number of nitrogens with one attached hydrogen (secondary N) is 1. The van der Waals surface area contributed by atoms with Crippen molar-refractivity contribution in [3.8, 4) is 6.01 Å². The summed E-state index contributed by atoms with van der Waals surface area (Å²) in [5.41, 5.74) is 2.10. The van der Waals surface area contributed by atoms with Crippen molar-refractivity contribution < 1.29 is 9.13 Å². The molecule has 2 aliphatic carbocycles. The first-order chi connectivity index (χ1) is 18.1. The van der Waals surface area contributed by atoms with E-state index in [4.69, 9.17) is 21.3 Å². The van der Waals surface area contributed by atoms with Gasteiger partial charge in [-0.05, 0) is 50.9 Å². The average Bonchev–Trinajstić information content (AvgIpc) is 3.33. The first-order valence-corrected chi connectivity index (χ1v) is 13.6. The molecule has 0 bridgehead atoms. The summed E-state index contributed by atoms with van der Waals surface area (Å²) in [4.78, 5) is 18.5. The molecule has 4 aliphatic rings. The number of anilines is 1. The average molecular weight is 523 g/mol. The van der Waals surface area contributed by atoms with Crippen LogP contribution < -0.4 is 15.0 Å². The molecule has 0 radical (unpaired) electrons. The second-order valence-electron chi connectivity index (χ2n) is 10.1. The standard InChI is InChI=1S/C28H32ClFN6O/c1-35-13-4-7-19(35)10-16-37-28-33-26-21(27(34-28)36-14-11-31-12-15-36)17-32-25(24(26)30)20-8-2-5-18-6-3-9-22(29)23(18)20/h2-3,5,8-9,17-19,31H,4,6-7,10-16H2,1H3. The van der Waals surface area contributed by atoms with Gasteiger partial charge in [0.15, 0.2) is 5.82 Å².